The molecule has 0 aliphatic carbocycles. The Hall–Kier alpha value is -1.68. The van der Waals surface area contributed by atoms with E-state index < -0.39 is 0 Å². The molecule has 0 aliphatic rings. The molecular weight excluding hydrogens is 207 g/mol. The second kappa shape index (κ2) is 4.90. The zero-order valence-electron chi connectivity index (χ0n) is 8.98. The quantitative estimate of drug-likeness (QED) is 0.860. The largest absolute Gasteiger partial charge is 0.472 e. The number of furan rings is 1. The van der Waals surface area contributed by atoms with Crippen LogP contribution in [0, 0.1) is 5.82 Å². The summed E-state index contributed by atoms with van der Waals surface area (Å²) < 4.78 is 18.2. The smallest absolute Gasteiger partial charge is 0.146 e. The van der Waals surface area contributed by atoms with Crippen molar-refractivity contribution in [2.75, 3.05) is 0 Å². The summed E-state index contributed by atoms with van der Waals surface area (Å²) in [5, 5.41) is 3.18. The third-order valence-electron chi connectivity index (χ3n) is 2.45. The zero-order valence-corrected chi connectivity index (χ0v) is 8.98. The summed E-state index contributed by atoms with van der Waals surface area (Å²) in [6.45, 7) is 2.39. The van der Waals surface area contributed by atoms with E-state index in [1.54, 1.807) is 24.8 Å². The number of pyridine rings is 1. The Morgan fingerprint density at radius 1 is 1.50 bits per heavy atom. The molecule has 0 saturated carbocycles. The van der Waals surface area contributed by atoms with E-state index >= 15 is 0 Å². The van der Waals surface area contributed by atoms with Gasteiger partial charge in [-0.2, -0.15) is 0 Å². The van der Waals surface area contributed by atoms with Crippen LogP contribution in [0.25, 0.3) is 0 Å². The van der Waals surface area contributed by atoms with Crippen LogP contribution < -0.4 is 5.32 Å². The molecule has 2 rings (SSSR count). The molecule has 0 radical (unpaired) electrons. The van der Waals surface area contributed by atoms with Crippen LogP contribution in [0.3, 0.4) is 0 Å². The Labute approximate surface area is 93.3 Å². The molecule has 2 aromatic heterocycles. The van der Waals surface area contributed by atoms with Crippen molar-refractivity contribution in [1.82, 2.24) is 10.3 Å². The number of aromatic nitrogens is 1. The molecule has 84 valence electrons. The van der Waals surface area contributed by atoms with Gasteiger partial charge in [0.2, 0.25) is 0 Å². The fourth-order valence-corrected chi connectivity index (χ4v) is 1.44. The van der Waals surface area contributed by atoms with Gasteiger partial charge < -0.3 is 9.73 Å². The average molecular weight is 220 g/mol. The van der Waals surface area contributed by atoms with Gasteiger partial charge in [-0.25, -0.2) is 4.39 Å². The Kier molecular flexibility index (Phi) is 3.31. The molecule has 2 heterocycles. The first-order chi connectivity index (χ1) is 7.77. The van der Waals surface area contributed by atoms with Gasteiger partial charge in [0.05, 0.1) is 18.2 Å². The van der Waals surface area contributed by atoms with Crippen molar-refractivity contribution in [2.45, 2.75) is 19.5 Å². The second-order valence-corrected chi connectivity index (χ2v) is 3.59. The van der Waals surface area contributed by atoms with Crippen molar-refractivity contribution in [3.05, 3.63) is 54.0 Å². The molecule has 0 bridgehead atoms. The predicted octanol–water partition coefficient (Wildman–Crippen LogP) is 2.66. The summed E-state index contributed by atoms with van der Waals surface area (Å²) in [5.41, 5.74) is 1.47. The fourth-order valence-electron chi connectivity index (χ4n) is 1.44. The molecule has 0 aliphatic heterocycles. The lowest BCUT2D eigenvalue weighted by atomic mass is 10.2. The van der Waals surface area contributed by atoms with Gasteiger partial charge in [-0.3, -0.25) is 4.98 Å². The number of nitrogens with zero attached hydrogens (tertiary/aromatic N) is 1. The van der Waals surface area contributed by atoms with E-state index in [4.69, 9.17) is 4.42 Å². The van der Waals surface area contributed by atoms with Gasteiger partial charge in [0, 0.05) is 24.3 Å². The van der Waals surface area contributed by atoms with Crippen LogP contribution in [0.1, 0.15) is 24.2 Å². The van der Waals surface area contributed by atoms with Crippen molar-refractivity contribution in [3.8, 4) is 0 Å². The van der Waals surface area contributed by atoms with Crippen LogP contribution in [0.2, 0.25) is 0 Å². The third kappa shape index (κ3) is 2.46. The summed E-state index contributed by atoms with van der Waals surface area (Å²) in [7, 11) is 0. The summed E-state index contributed by atoms with van der Waals surface area (Å²) in [4.78, 5) is 3.97. The minimum Gasteiger partial charge on any atom is -0.472 e. The number of hydrogen-bond donors (Lipinski definition) is 1. The Bertz CT molecular complexity index is 442. The van der Waals surface area contributed by atoms with Crippen LogP contribution in [-0.4, -0.2) is 4.98 Å². The van der Waals surface area contributed by atoms with Crippen LogP contribution >= 0.6 is 0 Å². The molecule has 1 unspecified atom stereocenters. The van der Waals surface area contributed by atoms with E-state index in [-0.39, 0.29) is 11.9 Å². The molecule has 0 spiro atoms. The van der Waals surface area contributed by atoms with Crippen molar-refractivity contribution >= 4 is 0 Å². The molecule has 1 N–H and O–H groups in total. The van der Waals surface area contributed by atoms with Crippen molar-refractivity contribution in [1.29, 1.82) is 0 Å². The van der Waals surface area contributed by atoms with Gasteiger partial charge in [-0.1, -0.05) is 0 Å². The number of halogens is 1. The molecule has 0 amide bonds. The van der Waals surface area contributed by atoms with Gasteiger partial charge >= 0.3 is 0 Å². The normalized spacial score (nSPS) is 12.6. The first-order valence-corrected chi connectivity index (χ1v) is 5.12. The van der Waals surface area contributed by atoms with Gasteiger partial charge in [0.15, 0.2) is 0 Å². The monoisotopic (exact) mass is 220 g/mol. The van der Waals surface area contributed by atoms with Crippen molar-refractivity contribution in [2.24, 2.45) is 0 Å². The molecule has 1 atom stereocenters. The highest BCUT2D eigenvalue weighted by Gasteiger charge is 2.08. The summed E-state index contributed by atoms with van der Waals surface area (Å²) in [5.74, 6) is -0.283. The summed E-state index contributed by atoms with van der Waals surface area (Å²) >= 11 is 0. The molecule has 2 aromatic rings. The van der Waals surface area contributed by atoms with Gasteiger partial charge in [-0.05, 0) is 25.1 Å². The first kappa shape index (κ1) is 10.8. The highest BCUT2D eigenvalue weighted by molar-refractivity contribution is 5.12. The predicted molar refractivity (Wildman–Crippen MR) is 58.2 cm³/mol. The molecule has 0 saturated heterocycles. The third-order valence-corrected chi connectivity index (χ3v) is 2.45. The standard InChI is InChI=1S/C12H13FN2O/c1-9(10-4-6-16-8-10)15-7-12-11(13)3-2-5-14-12/h2-6,8-9,15H,7H2,1H3. The Morgan fingerprint density at radius 2 is 2.38 bits per heavy atom. The van der Waals surface area contributed by atoms with Gasteiger partial charge in [-0.15, -0.1) is 0 Å². The molecular formula is C12H13FN2O. The SMILES string of the molecule is CC(NCc1ncccc1F)c1ccoc1. The van der Waals surface area contributed by atoms with Crippen LogP contribution in [0.4, 0.5) is 4.39 Å². The van der Waals surface area contributed by atoms with Crippen molar-refractivity contribution in [3.63, 3.8) is 0 Å². The molecule has 3 nitrogen and oxygen atoms in total. The molecule has 0 aromatic carbocycles. The summed E-state index contributed by atoms with van der Waals surface area (Å²) in [6.07, 6.45) is 4.88. The maximum atomic E-state index is 13.3. The first-order valence-electron chi connectivity index (χ1n) is 5.12. The topological polar surface area (TPSA) is 38.1 Å². The van der Waals surface area contributed by atoms with E-state index in [2.05, 4.69) is 10.3 Å². The molecule has 4 heteroatoms. The van der Waals surface area contributed by atoms with Crippen molar-refractivity contribution < 1.29 is 8.81 Å². The maximum Gasteiger partial charge on any atom is 0.146 e. The fraction of sp³-hybridized carbons (Fsp3) is 0.250. The van der Waals surface area contributed by atoms with Crippen LogP contribution in [0.15, 0.2) is 41.3 Å². The zero-order chi connectivity index (χ0) is 11.4. The lowest BCUT2D eigenvalue weighted by Gasteiger charge is -2.11. The van der Waals surface area contributed by atoms with Crippen LogP contribution in [-0.2, 0) is 6.54 Å². The maximum absolute atomic E-state index is 13.3. The minimum atomic E-state index is -0.283. The number of nitrogens with one attached hydrogen (secondary N) is 1. The van der Waals surface area contributed by atoms with E-state index in [1.807, 2.05) is 13.0 Å². The highest BCUT2D eigenvalue weighted by atomic mass is 19.1. The lowest BCUT2D eigenvalue weighted by molar-refractivity contribution is 0.520. The van der Waals surface area contributed by atoms with Crippen LogP contribution in [0.5, 0.6) is 0 Å². The average Bonchev–Trinajstić information content (AvgIpc) is 2.81. The van der Waals surface area contributed by atoms with E-state index in [9.17, 15) is 4.39 Å². The van der Waals surface area contributed by atoms with Gasteiger partial charge in [0.25, 0.3) is 0 Å². The van der Waals surface area contributed by atoms with E-state index in [1.165, 1.54) is 6.07 Å². The minimum absolute atomic E-state index is 0.111. The van der Waals surface area contributed by atoms with E-state index in [0.717, 1.165) is 5.56 Å². The lowest BCUT2D eigenvalue weighted by Crippen LogP contribution is -2.19. The summed E-state index contributed by atoms with van der Waals surface area (Å²) in [6, 6.07) is 4.98. The second-order valence-electron chi connectivity index (χ2n) is 3.59. The number of rotatable bonds is 4. The molecule has 16 heavy (non-hydrogen) atoms. The Balaban J connectivity index is 1.95. The van der Waals surface area contributed by atoms with Gasteiger partial charge in [0.1, 0.15) is 5.82 Å². The Morgan fingerprint density at radius 3 is 3.06 bits per heavy atom. The highest BCUT2D eigenvalue weighted by Crippen LogP contribution is 2.13. The van der Waals surface area contributed by atoms with E-state index in [0.29, 0.717) is 12.2 Å². The number of hydrogen-bond acceptors (Lipinski definition) is 3. The molecule has 0 fully saturated rings.